The van der Waals surface area contributed by atoms with E-state index in [0.29, 0.717) is 9.13 Å². The lowest BCUT2D eigenvalue weighted by atomic mass is 10.1. The van der Waals surface area contributed by atoms with Crippen molar-refractivity contribution < 1.29 is 24.3 Å². The number of benzene rings is 2. The molecule has 0 aliphatic carbocycles. The summed E-state index contributed by atoms with van der Waals surface area (Å²) in [6, 6.07) is 7.24. The van der Waals surface area contributed by atoms with E-state index < -0.39 is 83.8 Å². The third kappa shape index (κ3) is 6.79. The Labute approximate surface area is 245 Å². The average molecular weight is 609 g/mol. The first kappa shape index (κ1) is 31.1. The zero-order chi connectivity index (χ0) is 32.1. The number of nitrogens with two attached hydrogens (primary N) is 2. The highest BCUT2D eigenvalue weighted by atomic mass is 16.4. The molecular formula is C27H28N8O9. The molecular weight excluding hydrogens is 580 g/mol. The summed E-state index contributed by atoms with van der Waals surface area (Å²) in [5.74, 6) is -4.55. The van der Waals surface area contributed by atoms with Gasteiger partial charge in [-0.1, -0.05) is 24.3 Å². The van der Waals surface area contributed by atoms with Crippen molar-refractivity contribution >= 4 is 45.5 Å². The number of carbonyl (C=O) groups is 4. The van der Waals surface area contributed by atoms with Crippen molar-refractivity contribution in [3.05, 3.63) is 90.2 Å². The molecule has 17 heteroatoms. The molecule has 4 aromatic rings. The van der Waals surface area contributed by atoms with Crippen LogP contribution in [-0.4, -0.2) is 66.0 Å². The minimum atomic E-state index is -1.75. The Morgan fingerprint density at radius 1 is 0.750 bits per heavy atom. The molecule has 17 nitrogen and oxygen atoms in total. The summed E-state index contributed by atoms with van der Waals surface area (Å²) >= 11 is 0. The number of carbonyl (C=O) groups excluding carboxylic acids is 3. The highest BCUT2D eigenvalue weighted by Crippen LogP contribution is 2.05. The number of nitrogens with one attached hydrogen (secondary N) is 4. The lowest BCUT2D eigenvalue weighted by Crippen LogP contribution is -2.58. The first-order valence-corrected chi connectivity index (χ1v) is 13.2. The van der Waals surface area contributed by atoms with E-state index in [1.807, 2.05) is 0 Å². The van der Waals surface area contributed by atoms with Gasteiger partial charge >= 0.3 is 17.3 Å². The third-order valence-electron chi connectivity index (χ3n) is 6.79. The first-order valence-electron chi connectivity index (χ1n) is 13.2. The van der Waals surface area contributed by atoms with Gasteiger partial charge in [0, 0.05) is 6.42 Å². The largest absolute Gasteiger partial charge is 0.480 e. The predicted octanol–water partition coefficient (Wildman–Crippen LogP) is -2.96. The number of carboxylic acids is 1. The Morgan fingerprint density at radius 2 is 1.23 bits per heavy atom. The number of nitrogens with zero attached hydrogens (tertiary/aromatic N) is 2. The second-order valence-corrected chi connectivity index (χ2v) is 9.86. The lowest BCUT2D eigenvalue weighted by molar-refractivity contribution is -0.142. The zero-order valence-electron chi connectivity index (χ0n) is 22.9. The van der Waals surface area contributed by atoms with Gasteiger partial charge in [-0.25, -0.2) is 14.4 Å². The molecule has 44 heavy (non-hydrogen) atoms. The second-order valence-electron chi connectivity index (χ2n) is 9.86. The molecule has 0 unspecified atom stereocenters. The highest BCUT2D eigenvalue weighted by molar-refractivity contribution is 5.92. The molecule has 2 aromatic heterocycles. The van der Waals surface area contributed by atoms with E-state index in [9.17, 15) is 43.5 Å². The maximum absolute atomic E-state index is 13.3. The number of primary amides is 1. The molecule has 0 radical (unpaired) electrons. The summed E-state index contributed by atoms with van der Waals surface area (Å²) in [5, 5.41) is 14.2. The van der Waals surface area contributed by atoms with Gasteiger partial charge in [-0.3, -0.25) is 33.1 Å². The monoisotopic (exact) mass is 608 g/mol. The van der Waals surface area contributed by atoms with Gasteiger partial charge in [0.15, 0.2) is 0 Å². The van der Waals surface area contributed by atoms with Gasteiger partial charge in [-0.2, -0.15) is 0 Å². The topological polar surface area (TPSA) is 274 Å². The summed E-state index contributed by atoms with van der Waals surface area (Å²) in [5.41, 5.74) is 8.26. The van der Waals surface area contributed by atoms with E-state index in [0.717, 1.165) is 0 Å². The van der Waals surface area contributed by atoms with Crippen LogP contribution >= 0.6 is 0 Å². The first-order chi connectivity index (χ1) is 20.9. The van der Waals surface area contributed by atoms with Crippen molar-refractivity contribution in [2.45, 2.75) is 44.1 Å². The SMILES string of the molecule is NC(=O)CC[C@H](NC(=O)[C@@H](Cn1c(=O)[nH]c2ccccc2c1=O)NC(=O)[C@H](N)Cn1c(=O)[nH]c2ccccc2c1=O)C(=O)O. The number of amides is 3. The van der Waals surface area contributed by atoms with Gasteiger partial charge in [-0.05, 0) is 30.7 Å². The number of carboxylic acid groups (broad SMARTS) is 1. The van der Waals surface area contributed by atoms with Crippen molar-refractivity contribution in [3.63, 3.8) is 0 Å². The van der Waals surface area contributed by atoms with Crippen LogP contribution in [0.5, 0.6) is 0 Å². The van der Waals surface area contributed by atoms with Crippen molar-refractivity contribution in [2.75, 3.05) is 0 Å². The molecule has 0 aliphatic rings. The quantitative estimate of drug-likeness (QED) is 0.0858. The smallest absolute Gasteiger partial charge is 0.328 e. The van der Waals surface area contributed by atoms with Gasteiger partial charge in [-0.15, -0.1) is 0 Å². The minimum Gasteiger partial charge on any atom is -0.480 e. The Bertz CT molecular complexity index is 2010. The van der Waals surface area contributed by atoms with Crippen LogP contribution in [0.4, 0.5) is 0 Å². The molecule has 0 fully saturated rings. The standard InChI is InChI=1S/C27H28N8O9/c28-15(11-34-23(39)13-5-1-3-7-16(13)32-26(34)43)21(37)31-19(22(38)30-18(25(41)42)9-10-20(29)36)12-35-24(40)14-6-2-4-8-17(14)33-27(35)44/h1-8,15,18-19H,9-12,28H2,(H2,29,36)(H,30,38)(H,31,37)(H,32,43)(H,33,44)(H,41,42)/t15-,18+,19-/m1/s1. The fourth-order valence-electron chi connectivity index (χ4n) is 4.48. The Morgan fingerprint density at radius 3 is 1.73 bits per heavy atom. The average Bonchev–Trinajstić information content (AvgIpc) is 2.98. The van der Waals surface area contributed by atoms with Crippen molar-refractivity contribution in [1.29, 1.82) is 0 Å². The van der Waals surface area contributed by atoms with Crippen molar-refractivity contribution in [3.8, 4) is 0 Å². The van der Waals surface area contributed by atoms with E-state index in [2.05, 4.69) is 20.6 Å². The molecule has 0 bridgehead atoms. The van der Waals surface area contributed by atoms with Crippen LogP contribution < -0.4 is 44.6 Å². The number of hydrogen-bond donors (Lipinski definition) is 7. The van der Waals surface area contributed by atoms with Crippen LogP contribution in [0.3, 0.4) is 0 Å². The van der Waals surface area contributed by atoms with Crippen LogP contribution in [0, 0.1) is 0 Å². The van der Waals surface area contributed by atoms with Crippen molar-refractivity contribution in [1.82, 2.24) is 29.7 Å². The molecule has 3 atom stereocenters. The summed E-state index contributed by atoms with van der Waals surface area (Å²) in [4.78, 5) is 106. The molecule has 3 amide bonds. The third-order valence-corrected chi connectivity index (χ3v) is 6.79. The summed E-state index contributed by atoms with van der Waals surface area (Å²) in [7, 11) is 0. The molecule has 0 aliphatic heterocycles. The van der Waals surface area contributed by atoms with Gasteiger partial charge < -0.3 is 37.2 Å². The second kappa shape index (κ2) is 13.0. The van der Waals surface area contributed by atoms with Crippen molar-refractivity contribution in [2.24, 2.45) is 11.5 Å². The Kier molecular flexibility index (Phi) is 9.18. The van der Waals surface area contributed by atoms with Crippen LogP contribution in [0.2, 0.25) is 0 Å². The van der Waals surface area contributed by atoms with Crippen LogP contribution in [0.1, 0.15) is 12.8 Å². The molecule has 4 rings (SSSR count). The zero-order valence-corrected chi connectivity index (χ0v) is 22.9. The number of hydrogen-bond acceptors (Lipinski definition) is 9. The molecule has 9 N–H and O–H groups in total. The maximum atomic E-state index is 13.3. The fourth-order valence-corrected chi connectivity index (χ4v) is 4.48. The minimum absolute atomic E-state index is 0.0917. The van der Waals surface area contributed by atoms with Crippen LogP contribution in [0.25, 0.3) is 21.8 Å². The van der Waals surface area contributed by atoms with Crippen LogP contribution in [0.15, 0.2) is 67.7 Å². The number of rotatable bonds is 12. The number of aliphatic carboxylic acids is 1. The highest BCUT2D eigenvalue weighted by Gasteiger charge is 2.30. The molecule has 0 saturated heterocycles. The molecule has 230 valence electrons. The number of aromatic amines is 2. The molecule has 2 aromatic carbocycles. The predicted molar refractivity (Wildman–Crippen MR) is 156 cm³/mol. The normalized spacial score (nSPS) is 13.2. The maximum Gasteiger partial charge on any atom is 0.328 e. The van der Waals surface area contributed by atoms with E-state index in [1.165, 1.54) is 24.3 Å². The fraction of sp³-hybridized carbons (Fsp3) is 0.259. The van der Waals surface area contributed by atoms with E-state index >= 15 is 0 Å². The van der Waals surface area contributed by atoms with Gasteiger partial charge in [0.05, 0.1) is 34.9 Å². The number of H-pyrrole nitrogens is 2. The number of para-hydroxylation sites is 2. The summed E-state index contributed by atoms with van der Waals surface area (Å²) in [6.45, 7) is -1.38. The van der Waals surface area contributed by atoms with Gasteiger partial charge in [0.1, 0.15) is 18.1 Å². The van der Waals surface area contributed by atoms with E-state index in [-0.39, 0.29) is 28.2 Å². The van der Waals surface area contributed by atoms with Crippen LogP contribution in [-0.2, 0) is 32.3 Å². The van der Waals surface area contributed by atoms with E-state index in [1.54, 1.807) is 24.3 Å². The van der Waals surface area contributed by atoms with E-state index in [4.69, 9.17) is 11.5 Å². The molecule has 0 spiro atoms. The van der Waals surface area contributed by atoms with Gasteiger partial charge in [0.25, 0.3) is 11.1 Å². The molecule has 0 saturated carbocycles. The number of aromatic nitrogens is 4. The lowest BCUT2D eigenvalue weighted by Gasteiger charge is -2.23. The summed E-state index contributed by atoms with van der Waals surface area (Å²) < 4.78 is 1.33. The Balaban J connectivity index is 1.64. The molecule has 2 heterocycles. The summed E-state index contributed by atoms with van der Waals surface area (Å²) in [6.07, 6.45) is -0.779. The van der Waals surface area contributed by atoms with Gasteiger partial charge in [0.2, 0.25) is 17.7 Å². The Hall–Kier alpha value is -5.84. The number of fused-ring (bicyclic) bond motifs is 2.